The van der Waals surface area contributed by atoms with E-state index in [-0.39, 0.29) is 11.8 Å². The van der Waals surface area contributed by atoms with Crippen molar-refractivity contribution in [2.45, 2.75) is 31.8 Å². The van der Waals surface area contributed by atoms with Crippen molar-refractivity contribution in [2.24, 2.45) is 11.8 Å². The third-order valence-electron chi connectivity index (χ3n) is 5.94. The van der Waals surface area contributed by atoms with Crippen LogP contribution in [0.2, 0.25) is 0 Å². The average molecular weight is 373 g/mol. The van der Waals surface area contributed by atoms with Gasteiger partial charge in [0.25, 0.3) is 0 Å². The molecule has 0 saturated carbocycles. The van der Waals surface area contributed by atoms with Crippen LogP contribution in [0.3, 0.4) is 0 Å². The molecule has 7 heteroatoms. The number of hydrogen-bond acceptors (Lipinski definition) is 6. The molecule has 2 amide bonds. The van der Waals surface area contributed by atoms with E-state index in [2.05, 4.69) is 5.32 Å². The van der Waals surface area contributed by atoms with Crippen molar-refractivity contribution in [3.05, 3.63) is 29.8 Å². The van der Waals surface area contributed by atoms with Gasteiger partial charge in [0.1, 0.15) is 5.54 Å². The molecule has 2 heterocycles. The van der Waals surface area contributed by atoms with E-state index in [1.54, 1.807) is 6.92 Å². The summed E-state index contributed by atoms with van der Waals surface area (Å²) >= 11 is 0. The zero-order chi connectivity index (χ0) is 19.9. The molecule has 4 unspecified atom stereocenters. The van der Waals surface area contributed by atoms with Gasteiger partial charge < -0.3 is 9.64 Å². The van der Waals surface area contributed by atoms with Crippen LogP contribution in [0.1, 0.15) is 31.9 Å². The molecular weight excluding hydrogens is 346 g/mol. The second-order valence-electron chi connectivity index (χ2n) is 7.35. The number of carbonyl (C=O) groups excluding carboxylic acids is 3. The largest absolute Gasteiger partial charge is 0.468 e. The second kappa shape index (κ2) is 6.96. The molecule has 0 bridgehead atoms. The maximum Gasteiger partial charge on any atom is 0.326 e. The fourth-order valence-electron chi connectivity index (χ4n) is 4.48. The summed E-state index contributed by atoms with van der Waals surface area (Å²) in [5.41, 5.74) is 0.724. The van der Waals surface area contributed by atoms with Crippen LogP contribution in [0.25, 0.3) is 0 Å². The number of hydrogen-bond donors (Lipinski definition) is 1. The molecule has 146 valence electrons. The highest BCUT2D eigenvalue weighted by atomic mass is 16.5. The van der Waals surface area contributed by atoms with Crippen LogP contribution in [-0.2, 0) is 19.1 Å². The fourth-order valence-corrected chi connectivity index (χ4v) is 4.48. The minimum Gasteiger partial charge on any atom is -0.468 e. The topological polar surface area (TPSA) is 79.0 Å². The molecule has 1 aromatic rings. The molecule has 3 rings (SSSR count). The summed E-state index contributed by atoms with van der Waals surface area (Å²) in [4.78, 5) is 42.0. The highest BCUT2D eigenvalue weighted by molar-refractivity contribution is 6.09. The van der Waals surface area contributed by atoms with E-state index in [0.29, 0.717) is 13.0 Å². The van der Waals surface area contributed by atoms with Crippen molar-refractivity contribution in [1.29, 1.82) is 0 Å². The molecule has 0 aliphatic carbocycles. The maximum absolute atomic E-state index is 13.0. The van der Waals surface area contributed by atoms with Crippen LogP contribution in [0.15, 0.2) is 24.3 Å². The quantitative estimate of drug-likeness (QED) is 0.620. The molecule has 2 aliphatic rings. The van der Waals surface area contributed by atoms with Gasteiger partial charge in [-0.2, -0.15) is 0 Å². The number of anilines is 1. The van der Waals surface area contributed by atoms with Crippen LogP contribution < -0.4 is 10.2 Å². The Balaban J connectivity index is 2.09. The monoisotopic (exact) mass is 373 g/mol. The molecule has 2 saturated heterocycles. The summed E-state index contributed by atoms with van der Waals surface area (Å²) in [6.07, 6.45) is 0.365. The standard InChI is InChI=1S/C20H27N3O4/c1-6-20(19(26)27-5)15-14(17(24)23(7-2)18(15)25)16(21-20)12-8-10-13(11-9-12)22(3)4/h8-11,14-16,21H,6-7H2,1-5H3. The third-order valence-corrected chi connectivity index (χ3v) is 5.94. The molecule has 1 N–H and O–H groups in total. The highest BCUT2D eigenvalue weighted by Crippen LogP contribution is 2.50. The minimum atomic E-state index is -1.19. The number of imide groups is 1. The normalized spacial score (nSPS) is 29.8. The number of fused-ring (bicyclic) bond motifs is 1. The van der Waals surface area contributed by atoms with Crippen molar-refractivity contribution in [1.82, 2.24) is 10.2 Å². The van der Waals surface area contributed by atoms with Gasteiger partial charge in [-0.3, -0.25) is 24.6 Å². The number of nitrogens with zero attached hydrogens (tertiary/aromatic N) is 2. The fraction of sp³-hybridized carbons (Fsp3) is 0.550. The highest BCUT2D eigenvalue weighted by Gasteiger charge is 2.67. The first-order valence-electron chi connectivity index (χ1n) is 9.31. The molecular formula is C20H27N3O4. The molecule has 7 nitrogen and oxygen atoms in total. The zero-order valence-corrected chi connectivity index (χ0v) is 16.5. The Hall–Kier alpha value is -2.41. The van der Waals surface area contributed by atoms with E-state index >= 15 is 0 Å². The van der Waals surface area contributed by atoms with E-state index in [1.807, 2.05) is 50.2 Å². The maximum atomic E-state index is 13.0. The summed E-state index contributed by atoms with van der Waals surface area (Å²) in [6, 6.07) is 7.40. The summed E-state index contributed by atoms with van der Waals surface area (Å²) in [5, 5.41) is 3.32. The Morgan fingerprint density at radius 3 is 2.30 bits per heavy atom. The smallest absolute Gasteiger partial charge is 0.326 e. The van der Waals surface area contributed by atoms with E-state index in [9.17, 15) is 14.4 Å². The van der Waals surface area contributed by atoms with Crippen molar-refractivity contribution >= 4 is 23.5 Å². The lowest BCUT2D eigenvalue weighted by Gasteiger charge is -2.31. The van der Waals surface area contributed by atoms with Gasteiger partial charge in [-0.25, -0.2) is 0 Å². The molecule has 2 fully saturated rings. The van der Waals surface area contributed by atoms with Crippen molar-refractivity contribution in [3.63, 3.8) is 0 Å². The van der Waals surface area contributed by atoms with Gasteiger partial charge in [0, 0.05) is 32.4 Å². The number of benzene rings is 1. The minimum absolute atomic E-state index is 0.221. The van der Waals surface area contributed by atoms with Crippen LogP contribution in [0, 0.1) is 11.8 Å². The Kier molecular flexibility index (Phi) is 4.99. The van der Waals surface area contributed by atoms with E-state index in [4.69, 9.17) is 4.74 Å². The lowest BCUT2D eigenvalue weighted by atomic mass is 9.78. The van der Waals surface area contributed by atoms with E-state index in [1.165, 1.54) is 12.0 Å². The van der Waals surface area contributed by atoms with Gasteiger partial charge in [-0.15, -0.1) is 0 Å². The number of nitrogens with one attached hydrogen (secondary N) is 1. The molecule has 0 radical (unpaired) electrons. The number of methoxy groups -OCH3 is 1. The van der Waals surface area contributed by atoms with Crippen LogP contribution >= 0.6 is 0 Å². The number of rotatable bonds is 5. The van der Waals surface area contributed by atoms with Crippen LogP contribution in [0.5, 0.6) is 0 Å². The van der Waals surface area contributed by atoms with Gasteiger partial charge in [0.05, 0.1) is 18.9 Å². The zero-order valence-electron chi connectivity index (χ0n) is 16.5. The van der Waals surface area contributed by atoms with Gasteiger partial charge in [-0.1, -0.05) is 19.1 Å². The predicted octanol–water partition coefficient (Wildman–Crippen LogP) is 1.34. The molecule has 27 heavy (non-hydrogen) atoms. The average Bonchev–Trinajstić information content (AvgIpc) is 3.15. The van der Waals surface area contributed by atoms with Gasteiger partial charge in [-0.05, 0) is 31.0 Å². The number of carbonyl (C=O) groups is 3. The predicted molar refractivity (Wildman–Crippen MR) is 101 cm³/mol. The van der Waals surface area contributed by atoms with Crippen LogP contribution in [0.4, 0.5) is 5.69 Å². The molecule has 1 aromatic carbocycles. The Bertz CT molecular complexity index is 761. The number of esters is 1. The van der Waals surface area contributed by atoms with E-state index < -0.39 is 29.4 Å². The second-order valence-corrected chi connectivity index (χ2v) is 7.35. The summed E-state index contributed by atoms with van der Waals surface area (Å²) in [5.74, 6) is -2.37. The SMILES string of the molecule is CCN1C(=O)C2C(c3ccc(N(C)C)cc3)NC(CC)(C(=O)OC)C2C1=O. The molecule has 0 aromatic heterocycles. The number of likely N-dealkylation sites (tertiary alicyclic amines) is 1. The summed E-state index contributed by atoms with van der Waals surface area (Å²) < 4.78 is 5.03. The molecule has 4 atom stereocenters. The van der Waals surface area contributed by atoms with Crippen molar-refractivity contribution in [2.75, 3.05) is 32.6 Å². The Morgan fingerprint density at radius 2 is 1.81 bits per heavy atom. The Labute approximate surface area is 159 Å². The molecule has 2 aliphatic heterocycles. The van der Waals surface area contributed by atoms with Gasteiger partial charge in [0.2, 0.25) is 11.8 Å². The number of ether oxygens (including phenoxy) is 1. The van der Waals surface area contributed by atoms with E-state index in [0.717, 1.165) is 11.3 Å². The first-order chi connectivity index (χ1) is 12.8. The van der Waals surface area contributed by atoms with Crippen LogP contribution in [-0.4, -0.2) is 56.0 Å². The summed E-state index contributed by atoms with van der Waals surface area (Å²) in [7, 11) is 5.22. The van der Waals surface area contributed by atoms with Gasteiger partial charge in [0.15, 0.2) is 0 Å². The number of amides is 2. The molecule has 0 spiro atoms. The van der Waals surface area contributed by atoms with Crippen molar-refractivity contribution < 1.29 is 19.1 Å². The summed E-state index contributed by atoms with van der Waals surface area (Å²) in [6.45, 7) is 3.92. The van der Waals surface area contributed by atoms with Crippen molar-refractivity contribution in [3.8, 4) is 0 Å². The lowest BCUT2D eigenvalue weighted by molar-refractivity contribution is -0.154. The first-order valence-corrected chi connectivity index (χ1v) is 9.31. The Morgan fingerprint density at radius 1 is 1.19 bits per heavy atom. The lowest BCUT2D eigenvalue weighted by Crippen LogP contribution is -2.55. The first kappa shape index (κ1) is 19.4. The third kappa shape index (κ3) is 2.72. The van der Waals surface area contributed by atoms with Gasteiger partial charge >= 0.3 is 5.97 Å².